The summed E-state index contributed by atoms with van der Waals surface area (Å²) in [6, 6.07) is 4.38. The Kier molecular flexibility index (Phi) is 7.10. The first-order valence-corrected chi connectivity index (χ1v) is 10.1. The summed E-state index contributed by atoms with van der Waals surface area (Å²) < 4.78 is 50.2. The van der Waals surface area contributed by atoms with E-state index in [1.807, 2.05) is 30.0 Å². The monoisotopic (exact) mass is 414 g/mol. The minimum atomic E-state index is -4.20. The number of nitrogens with one attached hydrogen (secondary N) is 1. The normalized spacial score (nSPS) is 19.6. The molecule has 2 heterocycles. The number of aliphatic imine (C=N–C) groups is 1. The Morgan fingerprint density at radius 3 is 2.48 bits per heavy atom. The number of fused-ring (bicyclic) bond motifs is 1. The third-order valence-corrected chi connectivity index (χ3v) is 5.19. The van der Waals surface area contributed by atoms with Gasteiger partial charge in [-0.1, -0.05) is 6.07 Å². The van der Waals surface area contributed by atoms with Gasteiger partial charge in [-0.15, -0.1) is 0 Å². The van der Waals surface area contributed by atoms with E-state index in [0.29, 0.717) is 52.5 Å². The molecule has 1 unspecified atom stereocenters. The molecule has 1 fully saturated rings. The zero-order valence-electron chi connectivity index (χ0n) is 17.0. The van der Waals surface area contributed by atoms with Crippen molar-refractivity contribution in [2.45, 2.75) is 39.0 Å². The maximum absolute atomic E-state index is 13.0. The maximum atomic E-state index is 13.0. The van der Waals surface area contributed by atoms with Gasteiger partial charge < -0.3 is 19.7 Å². The van der Waals surface area contributed by atoms with Gasteiger partial charge in [0.05, 0.1) is 19.8 Å². The summed E-state index contributed by atoms with van der Waals surface area (Å²) in [5.74, 6) is 2.20. The Labute approximate surface area is 169 Å². The number of alkyl halides is 3. The summed E-state index contributed by atoms with van der Waals surface area (Å²) >= 11 is 0. The van der Waals surface area contributed by atoms with Gasteiger partial charge in [0.2, 0.25) is 0 Å². The van der Waals surface area contributed by atoms with Crippen LogP contribution in [0.25, 0.3) is 0 Å². The summed E-state index contributed by atoms with van der Waals surface area (Å²) in [5, 5.41) is 3.25. The minimum absolute atomic E-state index is 0.356. The van der Waals surface area contributed by atoms with Crippen molar-refractivity contribution in [3.63, 3.8) is 0 Å². The predicted octanol–water partition coefficient (Wildman–Crippen LogP) is 2.88. The van der Waals surface area contributed by atoms with E-state index < -0.39 is 12.2 Å². The topological polar surface area (TPSA) is 49.3 Å². The summed E-state index contributed by atoms with van der Waals surface area (Å²) in [6.45, 7) is 7.35. The molecule has 1 atom stereocenters. The van der Waals surface area contributed by atoms with Gasteiger partial charge in [0.15, 0.2) is 17.5 Å². The Hall–Kier alpha value is -2.16. The Balaban J connectivity index is 1.63. The second-order valence-electron chi connectivity index (χ2n) is 7.24. The molecule has 0 radical (unpaired) electrons. The molecular formula is C20H29F3N4O2. The molecule has 0 aromatic heterocycles. The van der Waals surface area contributed by atoms with Crippen LogP contribution in [-0.4, -0.2) is 73.9 Å². The molecule has 162 valence electrons. The summed E-state index contributed by atoms with van der Waals surface area (Å²) in [6.07, 6.45) is -3.34. The number of hydrogen-bond donors (Lipinski definition) is 1. The summed E-state index contributed by atoms with van der Waals surface area (Å²) in [4.78, 5) is 8.19. The Morgan fingerprint density at radius 2 is 1.83 bits per heavy atom. The minimum Gasteiger partial charge on any atom is -0.490 e. The Bertz CT molecular complexity index is 703. The second kappa shape index (κ2) is 9.56. The highest BCUT2D eigenvalue weighted by Crippen LogP contribution is 2.30. The van der Waals surface area contributed by atoms with E-state index in [0.717, 1.165) is 29.4 Å². The quantitative estimate of drug-likeness (QED) is 0.607. The third kappa shape index (κ3) is 5.68. The first-order chi connectivity index (χ1) is 13.9. The van der Waals surface area contributed by atoms with Crippen LogP contribution in [0.5, 0.6) is 11.5 Å². The molecule has 6 nitrogen and oxygen atoms in total. The van der Waals surface area contributed by atoms with Crippen molar-refractivity contribution in [3.8, 4) is 11.5 Å². The molecule has 2 aliphatic heterocycles. The average molecular weight is 414 g/mol. The highest BCUT2D eigenvalue weighted by atomic mass is 19.4. The van der Waals surface area contributed by atoms with Crippen LogP contribution in [0.4, 0.5) is 13.2 Å². The lowest BCUT2D eigenvalue weighted by molar-refractivity contribution is -0.181. The van der Waals surface area contributed by atoms with E-state index in [1.54, 1.807) is 0 Å². The lowest BCUT2D eigenvalue weighted by Gasteiger charge is -2.39. The third-order valence-electron chi connectivity index (χ3n) is 5.19. The van der Waals surface area contributed by atoms with Crippen LogP contribution >= 0.6 is 0 Å². The molecule has 29 heavy (non-hydrogen) atoms. The van der Waals surface area contributed by atoms with Crippen LogP contribution in [0.3, 0.4) is 0 Å². The van der Waals surface area contributed by atoms with Gasteiger partial charge in [0.25, 0.3) is 0 Å². The fraction of sp³-hybridized carbons (Fsp3) is 0.650. The lowest BCUT2D eigenvalue weighted by Crippen LogP contribution is -2.56. The molecule has 1 N–H and O–H groups in total. The number of hydrogen-bond acceptors (Lipinski definition) is 4. The SMILES string of the molecule is CCNC(=NCc1ccc2c(c1)OCCCO2)N1CCN(C(C)C(F)(F)F)CC1. The molecule has 0 bridgehead atoms. The molecule has 2 aliphatic rings. The van der Waals surface area contributed by atoms with Crippen LogP contribution in [0.15, 0.2) is 23.2 Å². The molecule has 0 aliphatic carbocycles. The summed E-state index contributed by atoms with van der Waals surface area (Å²) in [5.41, 5.74) is 0.994. The van der Waals surface area contributed by atoms with Crippen LogP contribution in [-0.2, 0) is 6.54 Å². The average Bonchev–Trinajstić information content (AvgIpc) is 2.95. The molecule has 1 aromatic rings. The van der Waals surface area contributed by atoms with Crippen molar-refractivity contribution in [3.05, 3.63) is 23.8 Å². The maximum Gasteiger partial charge on any atom is 0.403 e. The van der Waals surface area contributed by atoms with Gasteiger partial charge >= 0.3 is 6.18 Å². The van der Waals surface area contributed by atoms with Gasteiger partial charge in [0.1, 0.15) is 6.04 Å². The molecule has 9 heteroatoms. The highest BCUT2D eigenvalue weighted by Gasteiger charge is 2.41. The zero-order chi connectivity index (χ0) is 20.9. The van der Waals surface area contributed by atoms with Gasteiger partial charge in [-0.05, 0) is 31.5 Å². The van der Waals surface area contributed by atoms with Crippen molar-refractivity contribution < 1.29 is 22.6 Å². The van der Waals surface area contributed by atoms with Crippen molar-refractivity contribution in [1.29, 1.82) is 0 Å². The van der Waals surface area contributed by atoms with E-state index in [-0.39, 0.29) is 0 Å². The number of piperazine rings is 1. The van der Waals surface area contributed by atoms with Crippen LogP contribution in [0, 0.1) is 0 Å². The van der Waals surface area contributed by atoms with E-state index in [4.69, 9.17) is 14.5 Å². The van der Waals surface area contributed by atoms with Crippen molar-refractivity contribution in [2.75, 3.05) is 45.9 Å². The second-order valence-corrected chi connectivity index (χ2v) is 7.24. The number of nitrogens with zero attached hydrogens (tertiary/aromatic N) is 3. The van der Waals surface area contributed by atoms with Crippen molar-refractivity contribution in [1.82, 2.24) is 15.1 Å². The number of guanidine groups is 1. The smallest absolute Gasteiger partial charge is 0.403 e. The molecular weight excluding hydrogens is 385 g/mol. The first-order valence-electron chi connectivity index (χ1n) is 10.1. The highest BCUT2D eigenvalue weighted by molar-refractivity contribution is 5.80. The van der Waals surface area contributed by atoms with Crippen molar-refractivity contribution >= 4 is 5.96 Å². The summed E-state index contributed by atoms with van der Waals surface area (Å²) in [7, 11) is 0. The number of ether oxygens (including phenoxy) is 2. The predicted molar refractivity (Wildman–Crippen MR) is 106 cm³/mol. The van der Waals surface area contributed by atoms with Crippen LogP contribution < -0.4 is 14.8 Å². The molecule has 0 spiro atoms. The van der Waals surface area contributed by atoms with E-state index >= 15 is 0 Å². The Morgan fingerprint density at radius 1 is 1.14 bits per heavy atom. The first kappa shape index (κ1) is 21.5. The number of benzene rings is 1. The largest absolute Gasteiger partial charge is 0.490 e. The van der Waals surface area contributed by atoms with E-state index in [9.17, 15) is 13.2 Å². The molecule has 0 saturated carbocycles. The van der Waals surface area contributed by atoms with Gasteiger partial charge in [-0.3, -0.25) is 4.90 Å². The number of rotatable bonds is 4. The fourth-order valence-electron chi connectivity index (χ4n) is 3.43. The standard InChI is InChI=1S/C20H29F3N4O2/c1-3-24-19(27-9-7-26(8-10-27)15(2)20(21,22)23)25-14-16-5-6-17-18(13-16)29-12-4-11-28-17/h5-6,13,15H,3-4,7-12,14H2,1-2H3,(H,24,25). The van der Waals surface area contributed by atoms with E-state index in [2.05, 4.69) is 5.32 Å². The van der Waals surface area contributed by atoms with Gasteiger partial charge in [-0.2, -0.15) is 13.2 Å². The van der Waals surface area contributed by atoms with E-state index in [1.165, 1.54) is 11.8 Å². The molecule has 1 aromatic carbocycles. The van der Waals surface area contributed by atoms with Gasteiger partial charge in [-0.25, -0.2) is 4.99 Å². The number of halogens is 3. The molecule has 0 amide bonds. The lowest BCUT2D eigenvalue weighted by atomic mass is 10.2. The fourth-order valence-corrected chi connectivity index (χ4v) is 3.43. The zero-order valence-corrected chi connectivity index (χ0v) is 17.0. The molecule has 3 rings (SSSR count). The van der Waals surface area contributed by atoms with Crippen LogP contribution in [0.1, 0.15) is 25.8 Å². The van der Waals surface area contributed by atoms with Crippen molar-refractivity contribution in [2.24, 2.45) is 4.99 Å². The van der Waals surface area contributed by atoms with Gasteiger partial charge in [0, 0.05) is 39.1 Å². The van der Waals surface area contributed by atoms with Crippen LogP contribution in [0.2, 0.25) is 0 Å². The molecule has 1 saturated heterocycles.